The normalized spacial score (nSPS) is 24.6. The van der Waals surface area contributed by atoms with E-state index in [2.05, 4.69) is 21.3 Å². The standard InChI is InChI=1S/C22H23N3O2.H3O4P/c26-22(20-13-17-5-1-2-6-19(17)27-20)24-21-16-7-10-25(11-8-16)18(21)12-15-4-3-9-23-14-15;1-5(2,3)4/h1-6,9,13-14,16,18,21H,7-8,10-12H2,(H,24,26);(H3,1,2,3,4). The van der Waals surface area contributed by atoms with E-state index in [1.54, 1.807) is 6.20 Å². The first-order chi connectivity index (χ1) is 15.3. The van der Waals surface area contributed by atoms with Gasteiger partial charge in [0, 0.05) is 29.9 Å². The molecule has 2 atom stereocenters. The van der Waals surface area contributed by atoms with E-state index in [4.69, 9.17) is 23.7 Å². The molecule has 3 fully saturated rings. The van der Waals surface area contributed by atoms with Gasteiger partial charge >= 0.3 is 7.82 Å². The van der Waals surface area contributed by atoms with E-state index in [1.165, 1.54) is 5.56 Å². The summed E-state index contributed by atoms with van der Waals surface area (Å²) < 4.78 is 14.7. The van der Waals surface area contributed by atoms with Crippen molar-refractivity contribution in [3.8, 4) is 0 Å². The van der Waals surface area contributed by atoms with Crippen LogP contribution in [-0.2, 0) is 11.0 Å². The molecule has 9 nitrogen and oxygen atoms in total. The van der Waals surface area contributed by atoms with Crippen molar-refractivity contribution < 1.29 is 28.5 Å². The number of para-hydroxylation sites is 1. The van der Waals surface area contributed by atoms with Crippen LogP contribution in [0.5, 0.6) is 0 Å². The SMILES string of the molecule is O=C(NC1C2CCN(CC2)C1Cc1cccnc1)c1cc2ccccc2o1.O=P(O)(O)O. The molecule has 0 saturated carbocycles. The minimum absolute atomic E-state index is 0.110. The number of benzene rings is 1. The summed E-state index contributed by atoms with van der Waals surface area (Å²) in [6.07, 6.45) is 6.94. The predicted octanol–water partition coefficient (Wildman–Crippen LogP) is 2.33. The Hall–Kier alpha value is -2.55. The Bertz CT molecular complexity index is 1070. The Balaban J connectivity index is 0.000000444. The van der Waals surface area contributed by atoms with Crippen LogP contribution in [0, 0.1) is 5.92 Å². The largest absolute Gasteiger partial charge is 0.466 e. The lowest BCUT2D eigenvalue weighted by Crippen LogP contribution is -2.64. The van der Waals surface area contributed by atoms with Gasteiger partial charge in [-0.25, -0.2) is 4.57 Å². The number of pyridine rings is 1. The highest BCUT2D eigenvalue weighted by atomic mass is 31.2. The monoisotopic (exact) mass is 459 g/mol. The fourth-order valence-corrected chi connectivity index (χ4v) is 4.70. The maximum atomic E-state index is 12.9. The molecule has 4 N–H and O–H groups in total. The number of hydrogen-bond acceptors (Lipinski definition) is 5. The van der Waals surface area contributed by atoms with E-state index in [0.717, 1.165) is 43.3 Å². The number of phosphoric acid groups is 1. The fraction of sp³-hybridized carbons (Fsp3) is 0.364. The van der Waals surface area contributed by atoms with E-state index < -0.39 is 7.82 Å². The smallest absolute Gasteiger partial charge is 0.451 e. The first-order valence-corrected chi connectivity index (χ1v) is 12.0. The molecule has 3 aromatic rings. The zero-order valence-electron chi connectivity index (χ0n) is 17.4. The summed E-state index contributed by atoms with van der Waals surface area (Å²) in [7, 11) is -4.64. The molecule has 5 heterocycles. The number of fused-ring (bicyclic) bond motifs is 4. The van der Waals surface area contributed by atoms with Crippen LogP contribution in [0.1, 0.15) is 29.0 Å². The van der Waals surface area contributed by atoms with Gasteiger partial charge in [-0.1, -0.05) is 24.3 Å². The number of nitrogens with zero attached hydrogens (tertiary/aromatic N) is 2. The summed E-state index contributed by atoms with van der Waals surface area (Å²) in [6.45, 7) is 2.24. The maximum absolute atomic E-state index is 12.9. The molecule has 1 amide bonds. The quantitative estimate of drug-likeness (QED) is 0.437. The number of hydrogen-bond donors (Lipinski definition) is 4. The number of amides is 1. The Morgan fingerprint density at radius 2 is 1.88 bits per heavy atom. The Morgan fingerprint density at radius 3 is 2.53 bits per heavy atom. The third-order valence-electron chi connectivity index (χ3n) is 6.08. The third kappa shape index (κ3) is 5.62. The molecule has 3 aliphatic rings. The first-order valence-electron chi connectivity index (χ1n) is 10.5. The second kappa shape index (κ2) is 9.52. The van der Waals surface area contributed by atoms with Gasteiger partial charge in [0.05, 0.1) is 0 Å². The first kappa shape index (κ1) is 22.6. The molecule has 6 rings (SSSR count). The van der Waals surface area contributed by atoms with Crippen LogP contribution in [0.3, 0.4) is 0 Å². The summed E-state index contributed by atoms with van der Waals surface area (Å²) in [5.41, 5.74) is 1.97. The molecule has 0 spiro atoms. The number of furan rings is 1. The lowest BCUT2D eigenvalue weighted by molar-refractivity contribution is 0.0131. The van der Waals surface area contributed by atoms with Gasteiger partial charge in [0.1, 0.15) is 5.58 Å². The van der Waals surface area contributed by atoms with Crippen LogP contribution in [0.15, 0.2) is 59.3 Å². The Morgan fingerprint density at radius 1 is 1.16 bits per heavy atom. The van der Waals surface area contributed by atoms with Crippen molar-refractivity contribution in [2.75, 3.05) is 13.1 Å². The molecule has 2 bridgehead atoms. The summed E-state index contributed by atoms with van der Waals surface area (Å²) in [5, 5.41) is 4.26. The highest BCUT2D eigenvalue weighted by Gasteiger charge is 2.43. The van der Waals surface area contributed by atoms with E-state index >= 15 is 0 Å². The Labute approximate surface area is 185 Å². The second-order valence-corrected chi connectivity index (χ2v) is 9.19. The molecule has 0 radical (unpaired) electrons. The lowest BCUT2D eigenvalue weighted by Gasteiger charge is -2.51. The Kier molecular flexibility index (Phi) is 6.74. The topological polar surface area (TPSA) is 136 Å². The number of piperidine rings is 3. The molecule has 0 aliphatic carbocycles. The number of nitrogens with one attached hydrogen (secondary N) is 1. The van der Waals surface area contributed by atoms with Crippen molar-refractivity contribution in [1.82, 2.24) is 15.2 Å². The molecule has 10 heteroatoms. The van der Waals surface area contributed by atoms with E-state index in [-0.39, 0.29) is 11.9 Å². The molecule has 3 saturated heterocycles. The van der Waals surface area contributed by atoms with Gasteiger partial charge in [-0.2, -0.15) is 0 Å². The van der Waals surface area contributed by atoms with Gasteiger partial charge in [-0.05, 0) is 62.0 Å². The zero-order valence-corrected chi connectivity index (χ0v) is 18.3. The van der Waals surface area contributed by atoms with Crippen LogP contribution >= 0.6 is 7.82 Å². The highest BCUT2D eigenvalue weighted by molar-refractivity contribution is 7.45. The molecule has 1 aromatic carbocycles. The maximum Gasteiger partial charge on any atom is 0.466 e. The van der Waals surface area contributed by atoms with Crippen LogP contribution in [0.4, 0.5) is 0 Å². The summed E-state index contributed by atoms with van der Waals surface area (Å²) in [5.74, 6) is 0.818. The number of carbonyl (C=O) groups excluding carboxylic acids is 1. The molecular formula is C22H26N3O6P. The van der Waals surface area contributed by atoms with Crippen LogP contribution in [-0.4, -0.2) is 55.6 Å². The van der Waals surface area contributed by atoms with Crippen molar-refractivity contribution in [3.63, 3.8) is 0 Å². The van der Waals surface area contributed by atoms with Gasteiger partial charge in [0.25, 0.3) is 5.91 Å². The van der Waals surface area contributed by atoms with Gasteiger partial charge in [-0.15, -0.1) is 0 Å². The van der Waals surface area contributed by atoms with Crippen molar-refractivity contribution in [2.24, 2.45) is 5.92 Å². The van der Waals surface area contributed by atoms with Crippen molar-refractivity contribution in [1.29, 1.82) is 0 Å². The van der Waals surface area contributed by atoms with Crippen LogP contribution in [0.2, 0.25) is 0 Å². The molecule has 2 aromatic heterocycles. The summed E-state index contributed by atoms with van der Waals surface area (Å²) in [4.78, 5) is 41.3. The van der Waals surface area contributed by atoms with Crippen molar-refractivity contribution in [3.05, 3.63) is 66.2 Å². The van der Waals surface area contributed by atoms with Gasteiger partial charge < -0.3 is 24.4 Å². The average Bonchev–Trinajstić information content (AvgIpc) is 3.20. The number of rotatable bonds is 4. The van der Waals surface area contributed by atoms with Gasteiger partial charge in [0.2, 0.25) is 0 Å². The van der Waals surface area contributed by atoms with Gasteiger partial charge in [0.15, 0.2) is 5.76 Å². The average molecular weight is 459 g/mol. The second-order valence-electron chi connectivity index (χ2n) is 8.17. The molecule has 2 unspecified atom stereocenters. The van der Waals surface area contributed by atoms with Crippen LogP contribution < -0.4 is 5.32 Å². The van der Waals surface area contributed by atoms with Crippen LogP contribution in [0.25, 0.3) is 11.0 Å². The molecule has 32 heavy (non-hydrogen) atoms. The number of aromatic nitrogens is 1. The van der Waals surface area contributed by atoms with E-state index in [0.29, 0.717) is 17.7 Å². The number of carbonyl (C=O) groups is 1. The molecule has 170 valence electrons. The predicted molar refractivity (Wildman–Crippen MR) is 118 cm³/mol. The third-order valence-corrected chi connectivity index (χ3v) is 6.08. The zero-order chi connectivity index (χ0) is 22.7. The van der Waals surface area contributed by atoms with Crippen molar-refractivity contribution >= 4 is 24.7 Å². The molecular weight excluding hydrogens is 433 g/mol. The fourth-order valence-electron chi connectivity index (χ4n) is 4.70. The minimum atomic E-state index is -4.64. The lowest BCUT2D eigenvalue weighted by atomic mass is 9.76. The summed E-state index contributed by atoms with van der Waals surface area (Å²) >= 11 is 0. The molecule has 3 aliphatic heterocycles. The minimum Gasteiger partial charge on any atom is -0.451 e. The van der Waals surface area contributed by atoms with E-state index in [9.17, 15) is 4.79 Å². The van der Waals surface area contributed by atoms with E-state index in [1.807, 2.05) is 42.6 Å². The highest BCUT2D eigenvalue weighted by Crippen LogP contribution is 2.34. The summed E-state index contributed by atoms with van der Waals surface area (Å²) in [6, 6.07) is 14.1. The van der Waals surface area contributed by atoms with Gasteiger partial charge in [-0.3, -0.25) is 14.7 Å². The van der Waals surface area contributed by atoms with Crippen molar-refractivity contribution in [2.45, 2.75) is 31.3 Å².